The van der Waals surface area contributed by atoms with Gasteiger partial charge in [-0.15, -0.1) is 0 Å². The highest BCUT2D eigenvalue weighted by atomic mass is 14.6. The minimum absolute atomic E-state index is 0.196. The summed E-state index contributed by atoms with van der Waals surface area (Å²) in [5.74, 6) is 0.926. The van der Waals surface area contributed by atoms with Gasteiger partial charge in [-0.3, -0.25) is 0 Å². The first kappa shape index (κ1) is 13.6. The van der Waals surface area contributed by atoms with Gasteiger partial charge < -0.3 is 5.73 Å². The van der Waals surface area contributed by atoms with Crippen molar-refractivity contribution < 1.29 is 0 Å². The van der Waals surface area contributed by atoms with Gasteiger partial charge in [0.25, 0.3) is 0 Å². The first-order chi connectivity index (χ1) is 9.83. The summed E-state index contributed by atoms with van der Waals surface area (Å²) >= 11 is 0. The molecule has 3 rings (SSSR count). The number of benzene rings is 2. The molecular weight excluding hydrogens is 242 g/mol. The molecular formula is C19H25N. The maximum Gasteiger partial charge on any atom is 0.0295 e. The van der Waals surface area contributed by atoms with Crippen LogP contribution in [0.3, 0.4) is 0 Å². The lowest BCUT2D eigenvalue weighted by atomic mass is 9.84. The molecule has 20 heavy (non-hydrogen) atoms. The molecule has 0 spiro atoms. The number of rotatable bonds is 4. The molecule has 0 heterocycles. The summed E-state index contributed by atoms with van der Waals surface area (Å²) in [7, 11) is 0. The van der Waals surface area contributed by atoms with Gasteiger partial charge in [-0.25, -0.2) is 0 Å². The average Bonchev–Trinajstić information content (AvgIpc) is 2.53. The minimum Gasteiger partial charge on any atom is -0.324 e. The van der Waals surface area contributed by atoms with Gasteiger partial charge in [0.2, 0.25) is 0 Å². The van der Waals surface area contributed by atoms with E-state index in [1.807, 2.05) is 0 Å². The Hall–Kier alpha value is -1.34. The van der Waals surface area contributed by atoms with Crippen LogP contribution in [0.2, 0.25) is 0 Å². The van der Waals surface area contributed by atoms with E-state index in [1.54, 1.807) is 0 Å². The molecule has 2 N–H and O–H groups in total. The fraction of sp³-hybridized carbons (Fsp3) is 0.474. The highest BCUT2D eigenvalue weighted by molar-refractivity contribution is 5.83. The molecule has 1 unspecified atom stereocenters. The van der Waals surface area contributed by atoms with Gasteiger partial charge >= 0.3 is 0 Å². The summed E-state index contributed by atoms with van der Waals surface area (Å²) in [6.07, 6.45) is 9.56. The number of fused-ring (bicyclic) bond motifs is 1. The van der Waals surface area contributed by atoms with E-state index in [4.69, 9.17) is 5.73 Å². The standard InChI is InChI=1S/C19H25N/c20-19(13-10-15-6-2-1-3-7-15)18-12-11-16-8-4-5-9-17(16)14-18/h4-5,8-9,11-12,14-15,19H,1-3,6-7,10,13,20H2. The third-order valence-electron chi connectivity index (χ3n) is 4.81. The van der Waals surface area contributed by atoms with Crippen molar-refractivity contribution in [1.82, 2.24) is 0 Å². The van der Waals surface area contributed by atoms with Gasteiger partial charge in [-0.2, -0.15) is 0 Å². The number of nitrogens with two attached hydrogens (primary N) is 1. The van der Waals surface area contributed by atoms with E-state index in [2.05, 4.69) is 42.5 Å². The van der Waals surface area contributed by atoms with Gasteiger partial charge in [-0.05, 0) is 41.2 Å². The molecule has 0 bridgehead atoms. The van der Waals surface area contributed by atoms with E-state index in [0.717, 1.165) is 12.3 Å². The van der Waals surface area contributed by atoms with Crippen LogP contribution in [0.1, 0.15) is 56.6 Å². The number of hydrogen-bond donors (Lipinski definition) is 1. The molecule has 2 aromatic carbocycles. The van der Waals surface area contributed by atoms with Crippen LogP contribution in [0, 0.1) is 5.92 Å². The molecule has 0 radical (unpaired) electrons. The lowest BCUT2D eigenvalue weighted by Gasteiger charge is -2.23. The van der Waals surface area contributed by atoms with Crippen LogP contribution in [0.25, 0.3) is 10.8 Å². The zero-order chi connectivity index (χ0) is 13.8. The average molecular weight is 267 g/mol. The molecule has 1 fully saturated rings. The lowest BCUT2D eigenvalue weighted by molar-refractivity contribution is 0.324. The van der Waals surface area contributed by atoms with Crippen molar-refractivity contribution in [2.75, 3.05) is 0 Å². The summed E-state index contributed by atoms with van der Waals surface area (Å²) in [6, 6.07) is 15.4. The smallest absolute Gasteiger partial charge is 0.0295 e. The molecule has 0 amide bonds. The van der Waals surface area contributed by atoms with E-state index in [1.165, 1.54) is 54.9 Å². The highest BCUT2D eigenvalue weighted by Crippen LogP contribution is 2.30. The van der Waals surface area contributed by atoms with Crippen molar-refractivity contribution in [2.24, 2.45) is 11.7 Å². The summed E-state index contributed by atoms with van der Waals surface area (Å²) in [5.41, 5.74) is 7.69. The molecule has 1 aliphatic carbocycles. The van der Waals surface area contributed by atoms with E-state index in [0.29, 0.717) is 0 Å². The molecule has 0 saturated heterocycles. The molecule has 106 valence electrons. The van der Waals surface area contributed by atoms with Crippen molar-refractivity contribution in [3.8, 4) is 0 Å². The van der Waals surface area contributed by atoms with Crippen LogP contribution in [-0.4, -0.2) is 0 Å². The van der Waals surface area contributed by atoms with Gasteiger partial charge in [0.15, 0.2) is 0 Å². The van der Waals surface area contributed by atoms with Crippen LogP contribution in [-0.2, 0) is 0 Å². The van der Waals surface area contributed by atoms with Gasteiger partial charge in [0.05, 0.1) is 0 Å². The molecule has 2 aromatic rings. The Labute approximate surface area is 122 Å². The first-order valence-electron chi connectivity index (χ1n) is 8.07. The summed E-state index contributed by atoms with van der Waals surface area (Å²) in [5, 5.41) is 2.61. The Bertz CT molecular complexity index is 554. The monoisotopic (exact) mass is 267 g/mol. The minimum atomic E-state index is 0.196. The summed E-state index contributed by atoms with van der Waals surface area (Å²) in [6.45, 7) is 0. The normalized spacial score (nSPS) is 18.2. The molecule has 1 aliphatic rings. The Morgan fingerprint density at radius 1 is 0.950 bits per heavy atom. The van der Waals surface area contributed by atoms with Crippen molar-refractivity contribution in [3.63, 3.8) is 0 Å². The van der Waals surface area contributed by atoms with Gasteiger partial charge in [0.1, 0.15) is 0 Å². The Balaban J connectivity index is 1.64. The molecule has 0 aliphatic heterocycles. The zero-order valence-corrected chi connectivity index (χ0v) is 12.2. The van der Waals surface area contributed by atoms with E-state index in [-0.39, 0.29) is 6.04 Å². The fourth-order valence-corrected chi connectivity index (χ4v) is 3.50. The molecule has 0 aromatic heterocycles. The Kier molecular flexibility index (Phi) is 4.37. The fourth-order valence-electron chi connectivity index (χ4n) is 3.50. The second kappa shape index (κ2) is 6.41. The Morgan fingerprint density at radius 3 is 2.50 bits per heavy atom. The molecule has 1 heteroatoms. The lowest BCUT2D eigenvalue weighted by Crippen LogP contribution is -2.14. The van der Waals surface area contributed by atoms with Crippen molar-refractivity contribution in [3.05, 3.63) is 48.0 Å². The topological polar surface area (TPSA) is 26.0 Å². The van der Waals surface area contributed by atoms with Crippen molar-refractivity contribution in [2.45, 2.75) is 51.0 Å². The van der Waals surface area contributed by atoms with Crippen molar-refractivity contribution >= 4 is 10.8 Å². The van der Waals surface area contributed by atoms with Crippen LogP contribution in [0.5, 0.6) is 0 Å². The SMILES string of the molecule is NC(CCC1CCCCC1)c1ccc2ccccc2c1. The first-order valence-corrected chi connectivity index (χ1v) is 8.07. The highest BCUT2D eigenvalue weighted by Gasteiger charge is 2.15. The molecule has 1 saturated carbocycles. The second-order valence-corrected chi connectivity index (χ2v) is 6.29. The van der Waals surface area contributed by atoms with Crippen LogP contribution >= 0.6 is 0 Å². The second-order valence-electron chi connectivity index (χ2n) is 6.29. The summed E-state index contributed by atoms with van der Waals surface area (Å²) < 4.78 is 0. The van der Waals surface area contributed by atoms with Crippen LogP contribution in [0.15, 0.2) is 42.5 Å². The molecule has 1 nitrogen and oxygen atoms in total. The van der Waals surface area contributed by atoms with E-state index in [9.17, 15) is 0 Å². The van der Waals surface area contributed by atoms with E-state index < -0.39 is 0 Å². The number of hydrogen-bond acceptors (Lipinski definition) is 1. The van der Waals surface area contributed by atoms with Crippen LogP contribution in [0.4, 0.5) is 0 Å². The quantitative estimate of drug-likeness (QED) is 0.809. The predicted octanol–water partition coefficient (Wildman–Crippen LogP) is 5.20. The maximum atomic E-state index is 6.40. The zero-order valence-electron chi connectivity index (χ0n) is 12.2. The third kappa shape index (κ3) is 3.21. The largest absolute Gasteiger partial charge is 0.324 e. The molecule has 1 atom stereocenters. The summed E-state index contributed by atoms with van der Waals surface area (Å²) in [4.78, 5) is 0. The van der Waals surface area contributed by atoms with Crippen LogP contribution < -0.4 is 5.73 Å². The van der Waals surface area contributed by atoms with Gasteiger partial charge in [-0.1, -0.05) is 68.5 Å². The predicted molar refractivity (Wildman–Crippen MR) is 86.7 cm³/mol. The maximum absolute atomic E-state index is 6.40. The van der Waals surface area contributed by atoms with Gasteiger partial charge in [0, 0.05) is 6.04 Å². The Morgan fingerprint density at radius 2 is 1.70 bits per heavy atom. The third-order valence-corrected chi connectivity index (χ3v) is 4.81. The van der Waals surface area contributed by atoms with E-state index >= 15 is 0 Å². The van der Waals surface area contributed by atoms with Crippen molar-refractivity contribution in [1.29, 1.82) is 0 Å².